The highest BCUT2D eigenvalue weighted by Crippen LogP contribution is 2.07. The summed E-state index contributed by atoms with van der Waals surface area (Å²) < 4.78 is 0. The van der Waals surface area contributed by atoms with Crippen LogP contribution in [0.25, 0.3) is 0 Å². The van der Waals surface area contributed by atoms with E-state index in [0.29, 0.717) is 11.8 Å². The third kappa shape index (κ3) is 9.26. The predicted molar refractivity (Wildman–Crippen MR) is 90.6 cm³/mol. The zero-order chi connectivity index (χ0) is 16.8. The minimum absolute atomic E-state index is 0.325. The number of nitrogens with one attached hydrogen (secondary N) is 2. The second-order valence-electron chi connectivity index (χ2n) is 5.35. The Morgan fingerprint density at radius 3 is 1.45 bits per heavy atom. The van der Waals surface area contributed by atoms with Gasteiger partial charge in [-0.15, -0.1) is 0 Å². The van der Waals surface area contributed by atoms with Crippen molar-refractivity contribution in [2.45, 2.75) is 66.2 Å². The van der Waals surface area contributed by atoms with Gasteiger partial charge in [0.2, 0.25) is 0 Å². The van der Waals surface area contributed by atoms with Gasteiger partial charge in [-0.3, -0.25) is 9.59 Å². The van der Waals surface area contributed by atoms with Gasteiger partial charge in [0.15, 0.2) is 0 Å². The predicted octanol–water partition coefficient (Wildman–Crippen LogP) is 2.84. The monoisotopic (exact) mass is 310 g/mol. The number of hydrogen-bond acceptors (Lipinski definition) is 4. The van der Waals surface area contributed by atoms with E-state index in [2.05, 4.69) is 48.7 Å². The quantitative estimate of drug-likeness (QED) is 0.369. The van der Waals surface area contributed by atoms with Gasteiger partial charge in [0.25, 0.3) is 0 Å². The average molecular weight is 310 g/mol. The highest BCUT2D eigenvalue weighted by Gasteiger charge is 2.11. The van der Waals surface area contributed by atoms with E-state index >= 15 is 0 Å². The van der Waals surface area contributed by atoms with Crippen LogP contribution in [0.5, 0.6) is 0 Å². The minimum atomic E-state index is -0.803. The number of nitrogens with zero attached hydrogens (tertiary/aromatic N) is 2. The molecule has 0 aliphatic rings. The maximum absolute atomic E-state index is 11.5. The Morgan fingerprint density at radius 2 is 1.18 bits per heavy atom. The Kier molecular flexibility index (Phi) is 12.0. The van der Waals surface area contributed by atoms with Gasteiger partial charge < -0.3 is 0 Å². The van der Waals surface area contributed by atoms with Crippen molar-refractivity contribution in [3.63, 3.8) is 0 Å². The van der Waals surface area contributed by atoms with E-state index in [1.807, 2.05) is 0 Å². The summed E-state index contributed by atoms with van der Waals surface area (Å²) in [5.74, 6) is -0.956. The zero-order valence-electron chi connectivity index (χ0n) is 14.3. The normalized spacial score (nSPS) is 14.2. The second-order valence-corrected chi connectivity index (χ2v) is 5.35. The van der Waals surface area contributed by atoms with Gasteiger partial charge in [-0.05, 0) is 37.5 Å². The van der Waals surface area contributed by atoms with Crippen LogP contribution in [0.4, 0.5) is 0 Å². The summed E-state index contributed by atoms with van der Waals surface area (Å²) in [5, 5.41) is 7.67. The van der Waals surface area contributed by atoms with Crippen molar-refractivity contribution in [1.29, 1.82) is 0 Å². The van der Waals surface area contributed by atoms with E-state index in [1.165, 1.54) is 0 Å². The summed E-state index contributed by atoms with van der Waals surface area (Å²) >= 11 is 0. The summed E-state index contributed by atoms with van der Waals surface area (Å²) in [6, 6.07) is 0. The molecule has 2 atom stereocenters. The molecule has 0 aliphatic heterocycles. The van der Waals surface area contributed by atoms with Crippen molar-refractivity contribution in [3.05, 3.63) is 0 Å². The van der Waals surface area contributed by atoms with Crippen molar-refractivity contribution in [1.82, 2.24) is 10.9 Å². The van der Waals surface area contributed by atoms with Crippen molar-refractivity contribution in [2.75, 3.05) is 0 Å². The molecule has 22 heavy (non-hydrogen) atoms. The Labute approximate surface area is 133 Å². The molecule has 0 saturated carbocycles. The minimum Gasteiger partial charge on any atom is -0.262 e. The van der Waals surface area contributed by atoms with Crippen LogP contribution in [0, 0.1) is 11.8 Å². The molecule has 2 unspecified atom stereocenters. The molecule has 2 N–H and O–H groups in total. The smallest absolute Gasteiger partial charge is 0.262 e. The van der Waals surface area contributed by atoms with Crippen LogP contribution >= 0.6 is 0 Å². The van der Waals surface area contributed by atoms with E-state index in [4.69, 9.17) is 0 Å². The van der Waals surface area contributed by atoms with Crippen LogP contribution in [0.3, 0.4) is 0 Å². The van der Waals surface area contributed by atoms with Crippen LogP contribution < -0.4 is 10.9 Å². The molecule has 0 bridgehead atoms. The van der Waals surface area contributed by atoms with Gasteiger partial charge in [0, 0.05) is 12.4 Å². The third-order valence-corrected chi connectivity index (χ3v) is 3.48. The molecule has 0 aromatic rings. The fraction of sp³-hybridized carbons (Fsp3) is 0.750. The number of rotatable bonds is 10. The summed E-state index contributed by atoms with van der Waals surface area (Å²) in [6.45, 7) is 8.33. The van der Waals surface area contributed by atoms with Crippen molar-refractivity contribution in [3.8, 4) is 0 Å². The lowest BCUT2D eigenvalue weighted by molar-refractivity contribution is -0.139. The van der Waals surface area contributed by atoms with Crippen LogP contribution in [0.2, 0.25) is 0 Å². The van der Waals surface area contributed by atoms with E-state index in [0.717, 1.165) is 38.5 Å². The fourth-order valence-electron chi connectivity index (χ4n) is 2.01. The largest absolute Gasteiger partial charge is 0.331 e. The van der Waals surface area contributed by atoms with Crippen molar-refractivity contribution >= 4 is 24.2 Å². The first kappa shape index (κ1) is 20.3. The number of carbonyl (C=O) groups is 2. The molecule has 0 spiro atoms. The highest BCUT2D eigenvalue weighted by molar-refractivity contribution is 6.35. The standard InChI is InChI=1S/C16H30N4O2/c1-5-9-13(7-3)11-17-19-15(21)16(22)20-18-12-14(8-4)10-6-2/h11-14H,5-10H2,1-4H3,(H,19,21)(H,20,22)/b17-11-,18-12+. The van der Waals surface area contributed by atoms with Crippen LogP contribution in [-0.2, 0) is 9.59 Å². The summed E-state index contributed by atoms with van der Waals surface area (Å²) in [5.41, 5.74) is 4.45. The Hall–Kier alpha value is -1.72. The van der Waals surface area contributed by atoms with E-state index in [1.54, 1.807) is 12.4 Å². The Bertz CT molecular complexity index is 344. The van der Waals surface area contributed by atoms with Crippen molar-refractivity contribution in [2.24, 2.45) is 22.0 Å². The van der Waals surface area contributed by atoms with Gasteiger partial charge in [-0.25, -0.2) is 10.9 Å². The molecule has 0 saturated heterocycles. The molecule has 2 amide bonds. The molecule has 0 radical (unpaired) electrons. The number of hydrogen-bond donors (Lipinski definition) is 2. The molecule has 6 nitrogen and oxygen atoms in total. The Morgan fingerprint density at radius 1 is 0.818 bits per heavy atom. The SMILES string of the molecule is CCCC(/C=N\NC(=O)C(=O)N/N=C/C(CC)CCC)CC. The molecular weight excluding hydrogens is 280 g/mol. The molecule has 126 valence electrons. The topological polar surface area (TPSA) is 82.9 Å². The van der Waals surface area contributed by atoms with Gasteiger partial charge in [0.05, 0.1) is 0 Å². The lowest BCUT2D eigenvalue weighted by atomic mass is 10.0. The molecule has 0 aliphatic carbocycles. The van der Waals surface area contributed by atoms with Gasteiger partial charge in [0.1, 0.15) is 0 Å². The second kappa shape index (κ2) is 13.0. The Balaban J connectivity index is 4.19. The van der Waals surface area contributed by atoms with E-state index in [-0.39, 0.29) is 0 Å². The van der Waals surface area contributed by atoms with Gasteiger partial charge in [-0.1, -0.05) is 40.5 Å². The summed E-state index contributed by atoms with van der Waals surface area (Å²) in [7, 11) is 0. The number of carbonyl (C=O) groups excluding carboxylic acids is 2. The summed E-state index contributed by atoms with van der Waals surface area (Å²) in [6.07, 6.45) is 9.44. The molecule has 6 heteroatoms. The summed E-state index contributed by atoms with van der Waals surface area (Å²) in [4.78, 5) is 23.1. The number of amides is 2. The van der Waals surface area contributed by atoms with Crippen LogP contribution in [-0.4, -0.2) is 24.2 Å². The fourth-order valence-corrected chi connectivity index (χ4v) is 2.01. The number of hydrazone groups is 2. The lowest BCUT2D eigenvalue weighted by Gasteiger charge is -2.07. The zero-order valence-corrected chi connectivity index (χ0v) is 14.3. The third-order valence-electron chi connectivity index (χ3n) is 3.48. The van der Waals surface area contributed by atoms with Crippen LogP contribution in [0.15, 0.2) is 10.2 Å². The molecule has 0 heterocycles. The van der Waals surface area contributed by atoms with Gasteiger partial charge >= 0.3 is 11.8 Å². The first-order chi connectivity index (χ1) is 10.6. The maximum Gasteiger partial charge on any atom is 0.331 e. The molecule has 0 aromatic heterocycles. The van der Waals surface area contributed by atoms with Crippen molar-refractivity contribution < 1.29 is 9.59 Å². The van der Waals surface area contributed by atoms with E-state index in [9.17, 15) is 9.59 Å². The molecule has 0 fully saturated rings. The van der Waals surface area contributed by atoms with E-state index < -0.39 is 11.8 Å². The highest BCUT2D eigenvalue weighted by atomic mass is 16.2. The molecule has 0 rings (SSSR count). The van der Waals surface area contributed by atoms with Crippen LogP contribution in [0.1, 0.15) is 66.2 Å². The lowest BCUT2D eigenvalue weighted by Crippen LogP contribution is -2.35. The first-order valence-electron chi connectivity index (χ1n) is 8.25. The maximum atomic E-state index is 11.5. The average Bonchev–Trinajstić information content (AvgIpc) is 2.52. The molecular formula is C16H30N4O2. The van der Waals surface area contributed by atoms with Gasteiger partial charge in [-0.2, -0.15) is 10.2 Å². The molecule has 0 aromatic carbocycles. The first-order valence-corrected chi connectivity index (χ1v) is 8.25.